The van der Waals surface area contributed by atoms with Gasteiger partial charge in [-0.25, -0.2) is 0 Å². The fourth-order valence-electron chi connectivity index (χ4n) is 0.628. The average Bonchev–Trinajstić information content (AvgIpc) is 1.85. The molecule has 0 heterocycles. The molecule has 0 fully saturated rings. The van der Waals surface area contributed by atoms with E-state index in [1.54, 1.807) is 6.08 Å². The third-order valence-corrected chi connectivity index (χ3v) is 1.53. The minimum Gasteiger partial charge on any atom is -0.295 e. The zero-order valence-electron chi connectivity index (χ0n) is 7.27. The van der Waals surface area contributed by atoms with Crippen LogP contribution in [0.3, 0.4) is 0 Å². The Hall–Kier alpha value is -0.590. The van der Waals surface area contributed by atoms with Gasteiger partial charge in [-0.2, -0.15) is 0 Å². The van der Waals surface area contributed by atoms with Gasteiger partial charge in [-0.05, 0) is 26.3 Å². The van der Waals surface area contributed by atoms with Gasteiger partial charge in [0.25, 0.3) is 0 Å². The third-order valence-electron chi connectivity index (χ3n) is 1.53. The molecule has 0 rings (SSSR count). The summed E-state index contributed by atoms with van der Waals surface area (Å²) in [7, 11) is 0. The summed E-state index contributed by atoms with van der Waals surface area (Å²) < 4.78 is 0. The van der Waals surface area contributed by atoms with E-state index in [4.69, 9.17) is 0 Å². The van der Waals surface area contributed by atoms with Crippen LogP contribution in [-0.2, 0) is 4.79 Å². The largest absolute Gasteiger partial charge is 0.295 e. The summed E-state index contributed by atoms with van der Waals surface area (Å²) in [5.74, 6) is 0.442. The molecule has 0 amide bonds. The molecule has 0 aliphatic carbocycles. The molecule has 1 atom stereocenters. The number of hydrogen-bond donors (Lipinski definition) is 0. The van der Waals surface area contributed by atoms with Crippen molar-refractivity contribution in [1.82, 2.24) is 0 Å². The Morgan fingerprint density at radius 2 is 2.00 bits per heavy atom. The van der Waals surface area contributed by atoms with E-state index in [2.05, 4.69) is 0 Å². The standard InChI is InChI=1S/C9H16O/c1-5-8(4)9(10)6-7(2)3/h6,8H,5H2,1-4H3. The van der Waals surface area contributed by atoms with Gasteiger partial charge in [-0.1, -0.05) is 19.4 Å². The van der Waals surface area contributed by atoms with E-state index in [9.17, 15) is 4.79 Å². The summed E-state index contributed by atoms with van der Waals surface area (Å²) in [6.07, 6.45) is 2.65. The minimum absolute atomic E-state index is 0.190. The Bertz CT molecular complexity index is 141. The second-order valence-electron chi connectivity index (χ2n) is 2.93. The zero-order chi connectivity index (χ0) is 8.15. The zero-order valence-corrected chi connectivity index (χ0v) is 7.27. The molecule has 0 bridgehead atoms. The van der Waals surface area contributed by atoms with E-state index in [0.29, 0.717) is 0 Å². The molecule has 0 N–H and O–H groups in total. The van der Waals surface area contributed by atoms with Gasteiger partial charge in [-0.15, -0.1) is 0 Å². The second kappa shape index (κ2) is 4.26. The Kier molecular flexibility index (Phi) is 4.01. The molecule has 0 saturated carbocycles. The van der Waals surface area contributed by atoms with Crippen LogP contribution in [0.25, 0.3) is 0 Å². The van der Waals surface area contributed by atoms with Crippen molar-refractivity contribution in [1.29, 1.82) is 0 Å². The van der Waals surface area contributed by atoms with Crippen molar-refractivity contribution >= 4 is 5.78 Å². The van der Waals surface area contributed by atoms with Crippen LogP contribution in [0.1, 0.15) is 34.1 Å². The van der Waals surface area contributed by atoms with Crippen LogP contribution in [0.4, 0.5) is 0 Å². The molecule has 0 aromatic rings. The normalized spacial score (nSPS) is 12.4. The first-order chi connectivity index (χ1) is 4.57. The van der Waals surface area contributed by atoms with Crippen molar-refractivity contribution in [2.24, 2.45) is 5.92 Å². The SMILES string of the molecule is CCC(C)C(=O)C=C(C)C. The maximum atomic E-state index is 11.1. The molecule has 0 spiro atoms. The van der Waals surface area contributed by atoms with Crippen LogP contribution in [0.5, 0.6) is 0 Å². The highest BCUT2D eigenvalue weighted by molar-refractivity contribution is 5.91. The highest BCUT2D eigenvalue weighted by Gasteiger charge is 2.05. The van der Waals surface area contributed by atoms with Crippen LogP contribution < -0.4 is 0 Å². The first-order valence-corrected chi connectivity index (χ1v) is 3.76. The Balaban J connectivity index is 3.97. The molecule has 0 radical (unpaired) electrons. The summed E-state index contributed by atoms with van der Waals surface area (Å²) in [5.41, 5.74) is 1.09. The molecular formula is C9H16O. The maximum absolute atomic E-state index is 11.1. The molecule has 10 heavy (non-hydrogen) atoms. The maximum Gasteiger partial charge on any atom is 0.158 e. The van der Waals surface area contributed by atoms with Crippen molar-refractivity contribution < 1.29 is 4.79 Å². The number of hydrogen-bond acceptors (Lipinski definition) is 1. The monoisotopic (exact) mass is 140 g/mol. The quantitative estimate of drug-likeness (QED) is 0.551. The van der Waals surface area contributed by atoms with Crippen LogP contribution in [0, 0.1) is 5.92 Å². The topological polar surface area (TPSA) is 17.1 Å². The lowest BCUT2D eigenvalue weighted by molar-refractivity contribution is -0.117. The Labute approximate surface area is 63.1 Å². The van der Waals surface area contributed by atoms with E-state index in [1.807, 2.05) is 27.7 Å². The fourth-order valence-corrected chi connectivity index (χ4v) is 0.628. The highest BCUT2D eigenvalue weighted by Crippen LogP contribution is 2.04. The summed E-state index contributed by atoms with van der Waals surface area (Å²) in [5, 5.41) is 0. The van der Waals surface area contributed by atoms with Gasteiger partial charge in [0.15, 0.2) is 5.78 Å². The summed E-state index contributed by atoms with van der Waals surface area (Å²) in [6.45, 7) is 7.88. The fraction of sp³-hybridized carbons (Fsp3) is 0.667. The lowest BCUT2D eigenvalue weighted by atomic mass is 10.0. The van der Waals surface area contributed by atoms with Crippen molar-refractivity contribution in [2.45, 2.75) is 34.1 Å². The molecule has 0 saturated heterocycles. The number of rotatable bonds is 3. The summed E-state index contributed by atoms with van der Waals surface area (Å²) in [4.78, 5) is 11.1. The molecule has 0 aromatic carbocycles. The highest BCUT2D eigenvalue weighted by atomic mass is 16.1. The summed E-state index contributed by atoms with van der Waals surface area (Å²) >= 11 is 0. The lowest BCUT2D eigenvalue weighted by Crippen LogP contribution is -2.06. The molecule has 1 unspecified atom stereocenters. The van der Waals surface area contributed by atoms with Gasteiger partial charge in [0, 0.05) is 5.92 Å². The average molecular weight is 140 g/mol. The Morgan fingerprint density at radius 1 is 1.50 bits per heavy atom. The Morgan fingerprint density at radius 3 is 2.30 bits per heavy atom. The van der Waals surface area contributed by atoms with E-state index >= 15 is 0 Å². The number of allylic oxidation sites excluding steroid dienone is 2. The minimum atomic E-state index is 0.190. The van der Waals surface area contributed by atoms with Crippen LogP contribution in [0.2, 0.25) is 0 Å². The van der Waals surface area contributed by atoms with E-state index in [-0.39, 0.29) is 11.7 Å². The van der Waals surface area contributed by atoms with Gasteiger partial charge in [0.05, 0.1) is 0 Å². The number of carbonyl (C=O) groups is 1. The van der Waals surface area contributed by atoms with Crippen molar-refractivity contribution in [3.63, 3.8) is 0 Å². The van der Waals surface area contributed by atoms with Gasteiger partial charge < -0.3 is 0 Å². The smallest absolute Gasteiger partial charge is 0.158 e. The third kappa shape index (κ3) is 3.44. The second-order valence-corrected chi connectivity index (χ2v) is 2.93. The molecule has 1 heteroatoms. The van der Waals surface area contributed by atoms with E-state index in [0.717, 1.165) is 12.0 Å². The predicted octanol–water partition coefficient (Wildman–Crippen LogP) is 2.57. The molecule has 1 nitrogen and oxygen atoms in total. The van der Waals surface area contributed by atoms with Crippen molar-refractivity contribution in [3.05, 3.63) is 11.6 Å². The number of ketones is 1. The molecule has 0 aromatic heterocycles. The number of carbonyl (C=O) groups excluding carboxylic acids is 1. The van der Waals surface area contributed by atoms with Crippen LogP contribution in [0.15, 0.2) is 11.6 Å². The summed E-state index contributed by atoms with van der Waals surface area (Å²) in [6, 6.07) is 0. The van der Waals surface area contributed by atoms with Gasteiger partial charge >= 0.3 is 0 Å². The molecule has 0 aliphatic rings. The molecule has 58 valence electrons. The van der Waals surface area contributed by atoms with Crippen molar-refractivity contribution in [2.75, 3.05) is 0 Å². The first-order valence-electron chi connectivity index (χ1n) is 3.76. The van der Waals surface area contributed by atoms with Crippen molar-refractivity contribution in [3.8, 4) is 0 Å². The van der Waals surface area contributed by atoms with Gasteiger partial charge in [0.1, 0.15) is 0 Å². The van der Waals surface area contributed by atoms with Crippen LogP contribution >= 0.6 is 0 Å². The first kappa shape index (κ1) is 9.41. The lowest BCUT2D eigenvalue weighted by Gasteiger charge is -2.01. The predicted molar refractivity (Wildman–Crippen MR) is 43.9 cm³/mol. The van der Waals surface area contributed by atoms with E-state index < -0.39 is 0 Å². The van der Waals surface area contributed by atoms with Gasteiger partial charge in [-0.3, -0.25) is 4.79 Å². The molecular weight excluding hydrogens is 124 g/mol. The van der Waals surface area contributed by atoms with E-state index in [1.165, 1.54) is 0 Å². The van der Waals surface area contributed by atoms with Gasteiger partial charge in [0.2, 0.25) is 0 Å². The molecule has 0 aliphatic heterocycles. The van der Waals surface area contributed by atoms with Crippen LogP contribution in [-0.4, -0.2) is 5.78 Å².